The fraction of sp³-hybridized carbons (Fsp3) is 0.400. The molecule has 0 bridgehead atoms. The molecule has 6 heteroatoms. The van der Waals surface area contributed by atoms with Gasteiger partial charge in [0.05, 0.1) is 5.39 Å². The number of piperazine rings is 1. The molecule has 0 spiro atoms. The van der Waals surface area contributed by atoms with Crippen molar-refractivity contribution >= 4 is 27.4 Å². The highest BCUT2D eigenvalue weighted by molar-refractivity contribution is 7.19. The van der Waals surface area contributed by atoms with Crippen LogP contribution in [0.15, 0.2) is 30.6 Å². The Labute approximate surface area is 156 Å². The van der Waals surface area contributed by atoms with E-state index in [1.807, 2.05) is 23.5 Å². The Hall–Kier alpha value is -2.05. The van der Waals surface area contributed by atoms with Gasteiger partial charge in [-0.25, -0.2) is 14.4 Å². The molecule has 0 saturated carbocycles. The quantitative estimate of drug-likeness (QED) is 0.707. The molecule has 0 unspecified atom stereocenters. The number of benzene rings is 1. The van der Waals surface area contributed by atoms with Crippen molar-refractivity contribution < 1.29 is 4.39 Å². The summed E-state index contributed by atoms with van der Waals surface area (Å²) in [5.41, 5.74) is 2.26. The molecule has 134 valence electrons. The third kappa shape index (κ3) is 2.77. The van der Waals surface area contributed by atoms with Crippen LogP contribution in [0.25, 0.3) is 10.2 Å². The number of fused-ring (bicyclic) bond motifs is 3. The molecule has 1 aliphatic heterocycles. The predicted octanol–water partition coefficient (Wildman–Crippen LogP) is 3.64. The third-order valence-corrected chi connectivity index (χ3v) is 6.70. The molecule has 0 atom stereocenters. The van der Waals surface area contributed by atoms with Gasteiger partial charge in [-0.15, -0.1) is 11.3 Å². The summed E-state index contributed by atoms with van der Waals surface area (Å²) in [5.74, 6) is 0.987. The Morgan fingerprint density at radius 2 is 1.88 bits per heavy atom. The molecule has 1 aromatic carbocycles. The highest BCUT2D eigenvalue weighted by atomic mass is 32.1. The Kier molecular flexibility index (Phi) is 4.10. The lowest BCUT2D eigenvalue weighted by atomic mass is 10.1. The Bertz CT molecular complexity index is 946. The van der Waals surface area contributed by atoms with Gasteiger partial charge in [-0.05, 0) is 30.9 Å². The molecule has 1 aliphatic carbocycles. The molecule has 1 fully saturated rings. The average Bonchev–Trinajstić information content (AvgIpc) is 3.25. The fourth-order valence-electron chi connectivity index (χ4n) is 4.14. The highest BCUT2D eigenvalue weighted by Gasteiger charge is 2.25. The summed E-state index contributed by atoms with van der Waals surface area (Å²) in [7, 11) is 0. The summed E-state index contributed by atoms with van der Waals surface area (Å²) in [6.07, 6.45) is 5.30. The number of thiophene rings is 1. The largest absolute Gasteiger partial charge is 0.353 e. The molecule has 2 aliphatic rings. The number of halogens is 1. The maximum absolute atomic E-state index is 13.9. The number of rotatable bonds is 3. The van der Waals surface area contributed by atoms with Crippen molar-refractivity contribution in [3.8, 4) is 0 Å². The molecule has 3 heterocycles. The van der Waals surface area contributed by atoms with E-state index in [4.69, 9.17) is 0 Å². The van der Waals surface area contributed by atoms with Gasteiger partial charge in [0.2, 0.25) is 0 Å². The van der Waals surface area contributed by atoms with E-state index in [9.17, 15) is 4.39 Å². The van der Waals surface area contributed by atoms with Crippen LogP contribution in [-0.4, -0.2) is 41.0 Å². The fourth-order valence-corrected chi connectivity index (χ4v) is 5.36. The first-order valence-electron chi connectivity index (χ1n) is 9.25. The van der Waals surface area contributed by atoms with E-state index in [2.05, 4.69) is 19.8 Å². The van der Waals surface area contributed by atoms with Crippen LogP contribution in [0.2, 0.25) is 0 Å². The Morgan fingerprint density at radius 3 is 2.73 bits per heavy atom. The van der Waals surface area contributed by atoms with Crippen molar-refractivity contribution in [2.75, 3.05) is 31.1 Å². The zero-order valence-corrected chi connectivity index (χ0v) is 15.4. The smallest absolute Gasteiger partial charge is 0.141 e. The van der Waals surface area contributed by atoms with Crippen LogP contribution < -0.4 is 4.90 Å². The molecule has 0 N–H and O–H groups in total. The van der Waals surface area contributed by atoms with E-state index in [0.29, 0.717) is 6.54 Å². The van der Waals surface area contributed by atoms with Crippen molar-refractivity contribution in [3.05, 3.63) is 52.4 Å². The lowest BCUT2D eigenvalue weighted by molar-refractivity contribution is 0.246. The maximum atomic E-state index is 13.9. The van der Waals surface area contributed by atoms with Crippen molar-refractivity contribution in [1.82, 2.24) is 14.9 Å². The van der Waals surface area contributed by atoms with Crippen molar-refractivity contribution in [2.24, 2.45) is 0 Å². The van der Waals surface area contributed by atoms with Crippen LogP contribution in [0.4, 0.5) is 10.2 Å². The van der Waals surface area contributed by atoms with Crippen molar-refractivity contribution in [2.45, 2.75) is 25.8 Å². The van der Waals surface area contributed by atoms with Gasteiger partial charge in [0.15, 0.2) is 0 Å². The minimum Gasteiger partial charge on any atom is -0.353 e. The maximum Gasteiger partial charge on any atom is 0.141 e. The van der Waals surface area contributed by atoms with E-state index in [1.165, 1.54) is 28.7 Å². The van der Waals surface area contributed by atoms with E-state index in [0.717, 1.165) is 48.8 Å². The van der Waals surface area contributed by atoms with Gasteiger partial charge in [-0.1, -0.05) is 18.2 Å². The molecular formula is C20H21FN4S. The number of hydrogen-bond acceptors (Lipinski definition) is 5. The van der Waals surface area contributed by atoms with Gasteiger partial charge in [-0.3, -0.25) is 4.90 Å². The molecule has 0 radical (unpaired) electrons. The zero-order chi connectivity index (χ0) is 17.5. The molecule has 26 heavy (non-hydrogen) atoms. The van der Waals surface area contributed by atoms with Crippen LogP contribution in [0, 0.1) is 5.82 Å². The highest BCUT2D eigenvalue weighted by Crippen LogP contribution is 2.40. The molecule has 5 rings (SSSR count). The van der Waals surface area contributed by atoms with Crippen LogP contribution in [0.5, 0.6) is 0 Å². The summed E-state index contributed by atoms with van der Waals surface area (Å²) in [4.78, 5) is 16.5. The minimum absolute atomic E-state index is 0.110. The van der Waals surface area contributed by atoms with E-state index >= 15 is 0 Å². The number of anilines is 1. The predicted molar refractivity (Wildman–Crippen MR) is 103 cm³/mol. The van der Waals surface area contributed by atoms with Crippen LogP contribution in [-0.2, 0) is 19.4 Å². The molecule has 2 aromatic heterocycles. The average molecular weight is 368 g/mol. The Balaban J connectivity index is 1.35. The second-order valence-electron chi connectivity index (χ2n) is 7.09. The van der Waals surface area contributed by atoms with Crippen LogP contribution in [0.3, 0.4) is 0 Å². The minimum atomic E-state index is -0.110. The summed E-state index contributed by atoms with van der Waals surface area (Å²) < 4.78 is 13.9. The van der Waals surface area contributed by atoms with Crippen LogP contribution in [0.1, 0.15) is 22.4 Å². The van der Waals surface area contributed by atoms with Crippen molar-refractivity contribution in [3.63, 3.8) is 0 Å². The van der Waals surface area contributed by atoms with Gasteiger partial charge in [0, 0.05) is 43.2 Å². The second kappa shape index (κ2) is 6.59. The topological polar surface area (TPSA) is 32.3 Å². The van der Waals surface area contributed by atoms with Crippen molar-refractivity contribution in [1.29, 1.82) is 0 Å². The first kappa shape index (κ1) is 16.1. The molecule has 0 amide bonds. The van der Waals surface area contributed by atoms with E-state index < -0.39 is 0 Å². The van der Waals surface area contributed by atoms with E-state index in [1.54, 1.807) is 18.5 Å². The van der Waals surface area contributed by atoms with Crippen LogP contribution >= 0.6 is 11.3 Å². The number of aryl methyl sites for hydroxylation is 2. The molecular weight excluding hydrogens is 347 g/mol. The lowest BCUT2D eigenvalue weighted by Crippen LogP contribution is -2.46. The van der Waals surface area contributed by atoms with Gasteiger partial charge in [-0.2, -0.15) is 0 Å². The van der Waals surface area contributed by atoms with Gasteiger partial charge >= 0.3 is 0 Å². The second-order valence-corrected chi connectivity index (χ2v) is 8.17. The number of aromatic nitrogens is 2. The SMILES string of the molecule is Fc1ccccc1CN1CCN(c2ncnc3sc4c(c23)CCC4)CC1. The Morgan fingerprint density at radius 1 is 1.04 bits per heavy atom. The third-order valence-electron chi connectivity index (χ3n) is 5.50. The van der Waals surface area contributed by atoms with Gasteiger partial charge in [0.25, 0.3) is 0 Å². The monoisotopic (exact) mass is 368 g/mol. The van der Waals surface area contributed by atoms with E-state index in [-0.39, 0.29) is 5.82 Å². The number of hydrogen-bond donors (Lipinski definition) is 0. The normalized spacial score (nSPS) is 17.8. The van der Waals surface area contributed by atoms with Gasteiger partial charge in [0.1, 0.15) is 22.8 Å². The molecule has 1 saturated heterocycles. The standard InChI is InChI=1S/C20H21FN4S/c21-16-6-2-1-4-14(16)12-24-8-10-25(11-9-24)19-18-15-5-3-7-17(15)26-20(18)23-13-22-19/h1-2,4,6,13H,3,5,7-12H2. The summed E-state index contributed by atoms with van der Waals surface area (Å²) >= 11 is 1.84. The zero-order valence-electron chi connectivity index (χ0n) is 14.6. The lowest BCUT2D eigenvalue weighted by Gasteiger charge is -2.35. The molecule has 4 nitrogen and oxygen atoms in total. The first-order chi connectivity index (χ1) is 12.8. The molecule has 3 aromatic rings. The summed E-state index contributed by atoms with van der Waals surface area (Å²) in [6, 6.07) is 7.07. The summed E-state index contributed by atoms with van der Waals surface area (Å²) in [6.45, 7) is 4.36. The van der Waals surface area contributed by atoms with Gasteiger partial charge < -0.3 is 4.90 Å². The first-order valence-corrected chi connectivity index (χ1v) is 10.1. The summed E-state index contributed by atoms with van der Waals surface area (Å²) in [5, 5.41) is 1.28. The number of nitrogens with zero attached hydrogens (tertiary/aromatic N) is 4.